The fourth-order valence-electron chi connectivity index (χ4n) is 2.29. The Labute approximate surface area is 130 Å². The maximum atomic E-state index is 9.47. The van der Waals surface area contributed by atoms with Crippen molar-refractivity contribution < 1.29 is 18.9 Å². The smallest absolute Gasteiger partial charge is 0.203 e. The van der Waals surface area contributed by atoms with Gasteiger partial charge in [-0.25, -0.2) is 0 Å². The first-order valence-corrected chi connectivity index (χ1v) is 6.97. The first-order chi connectivity index (χ1) is 10.7. The Hall–Kier alpha value is -2.39. The molecule has 2 rings (SSSR count). The maximum absolute atomic E-state index is 9.47. The molecule has 118 valence electrons. The van der Waals surface area contributed by atoms with Gasteiger partial charge in [-0.1, -0.05) is 0 Å². The predicted molar refractivity (Wildman–Crippen MR) is 82.1 cm³/mol. The van der Waals surface area contributed by atoms with E-state index in [4.69, 9.17) is 18.9 Å². The molecule has 0 spiro atoms. The number of morpholine rings is 1. The molecule has 0 saturated carbocycles. The van der Waals surface area contributed by atoms with E-state index >= 15 is 0 Å². The van der Waals surface area contributed by atoms with E-state index in [0.717, 1.165) is 18.7 Å². The lowest BCUT2D eigenvalue weighted by Gasteiger charge is -2.25. The van der Waals surface area contributed by atoms with Crippen LogP contribution in [0.3, 0.4) is 0 Å². The summed E-state index contributed by atoms with van der Waals surface area (Å²) < 4.78 is 21.3. The molecule has 0 aliphatic carbocycles. The Morgan fingerprint density at radius 2 is 1.73 bits per heavy atom. The first kappa shape index (κ1) is 16.0. The summed E-state index contributed by atoms with van der Waals surface area (Å²) in [6.45, 7) is 2.89. The topological polar surface area (TPSA) is 64.0 Å². The number of hydrogen-bond acceptors (Lipinski definition) is 6. The number of allylic oxidation sites excluding steroid dienone is 1. The van der Waals surface area contributed by atoms with E-state index in [1.54, 1.807) is 33.5 Å². The monoisotopic (exact) mass is 304 g/mol. The molecule has 22 heavy (non-hydrogen) atoms. The zero-order chi connectivity index (χ0) is 15.9. The minimum Gasteiger partial charge on any atom is -0.493 e. The lowest BCUT2D eigenvalue weighted by molar-refractivity contribution is 0.0596. The standard InChI is InChI=1S/C16H20N2O4/c1-19-14-8-12(9-15(20-2)16(14)21-3)13(10-17)11-18-4-6-22-7-5-18/h8-9,11H,4-7H2,1-3H3/b13-11+. The van der Waals surface area contributed by atoms with Crippen LogP contribution in [0.2, 0.25) is 0 Å². The van der Waals surface area contributed by atoms with Gasteiger partial charge in [0, 0.05) is 24.9 Å². The van der Waals surface area contributed by atoms with Crippen molar-refractivity contribution in [3.8, 4) is 23.3 Å². The van der Waals surface area contributed by atoms with Gasteiger partial charge >= 0.3 is 0 Å². The first-order valence-electron chi connectivity index (χ1n) is 6.97. The van der Waals surface area contributed by atoms with Crippen LogP contribution in [-0.2, 0) is 4.74 Å². The van der Waals surface area contributed by atoms with E-state index in [1.165, 1.54) is 0 Å². The van der Waals surface area contributed by atoms with Gasteiger partial charge in [0.2, 0.25) is 5.75 Å². The molecular weight excluding hydrogens is 284 g/mol. The zero-order valence-electron chi connectivity index (χ0n) is 13.1. The molecule has 1 aliphatic heterocycles. The van der Waals surface area contributed by atoms with Crippen LogP contribution in [0.5, 0.6) is 17.2 Å². The van der Waals surface area contributed by atoms with Gasteiger partial charge in [-0.15, -0.1) is 0 Å². The third-order valence-corrected chi connectivity index (χ3v) is 3.45. The summed E-state index contributed by atoms with van der Waals surface area (Å²) >= 11 is 0. The molecule has 0 amide bonds. The van der Waals surface area contributed by atoms with Crippen LogP contribution in [0.1, 0.15) is 5.56 Å². The van der Waals surface area contributed by atoms with E-state index in [1.807, 2.05) is 6.20 Å². The highest BCUT2D eigenvalue weighted by Gasteiger charge is 2.16. The number of methoxy groups -OCH3 is 3. The Balaban J connectivity index is 2.40. The van der Waals surface area contributed by atoms with Crippen LogP contribution in [0.4, 0.5) is 0 Å². The third kappa shape index (κ3) is 3.43. The number of rotatable bonds is 5. The Morgan fingerprint density at radius 3 is 2.18 bits per heavy atom. The fraction of sp³-hybridized carbons (Fsp3) is 0.438. The summed E-state index contributed by atoms with van der Waals surface area (Å²) in [7, 11) is 4.66. The highest BCUT2D eigenvalue weighted by Crippen LogP contribution is 2.39. The second-order valence-electron chi connectivity index (χ2n) is 4.72. The number of hydrogen-bond donors (Lipinski definition) is 0. The van der Waals surface area contributed by atoms with Crippen molar-refractivity contribution in [3.05, 3.63) is 23.9 Å². The second-order valence-corrected chi connectivity index (χ2v) is 4.72. The van der Waals surface area contributed by atoms with Crippen LogP contribution in [0, 0.1) is 11.3 Å². The summed E-state index contributed by atoms with van der Waals surface area (Å²) in [4.78, 5) is 2.07. The van der Waals surface area contributed by atoms with Crippen molar-refractivity contribution in [2.45, 2.75) is 0 Å². The predicted octanol–water partition coefficient (Wildman–Crippen LogP) is 1.91. The van der Waals surface area contributed by atoms with Gasteiger partial charge in [-0.05, 0) is 12.1 Å². The maximum Gasteiger partial charge on any atom is 0.203 e. The average molecular weight is 304 g/mol. The van der Waals surface area contributed by atoms with Gasteiger partial charge in [0.25, 0.3) is 0 Å². The highest BCUT2D eigenvalue weighted by molar-refractivity contribution is 5.79. The molecule has 0 atom stereocenters. The summed E-state index contributed by atoms with van der Waals surface area (Å²) in [5.74, 6) is 1.57. The summed E-state index contributed by atoms with van der Waals surface area (Å²) in [5, 5.41) is 9.47. The molecule has 0 N–H and O–H groups in total. The summed E-state index contributed by atoms with van der Waals surface area (Å²) in [6, 6.07) is 5.78. The summed E-state index contributed by atoms with van der Waals surface area (Å²) in [5.41, 5.74) is 1.27. The largest absolute Gasteiger partial charge is 0.493 e. The number of nitriles is 1. The molecule has 0 unspecified atom stereocenters. The molecule has 1 aliphatic rings. The van der Waals surface area contributed by atoms with E-state index in [9.17, 15) is 5.26 Å². The highest BCUT2D eigenvalue weighted by atomic mass is 16.5. The molecule has 0 bridgehead atoms. The molecule has 0 aromatic heterocycles. The average Bonchev–Trinajstić information content (AvgIpc) is 2.59. The lowest BCUT2D eigenvalue weighted by Crippen LogP contribution is -2.32. The van der Waals surface area contributed by atoms with E-state index in [2.05, 4.69) is 11.0 Å². The molecule has 6 heteroatoms. The van der Waals surface area contributed by atoms with Gasteiger partial charge in [-0.2, -0.15) is 5.26 Å². The molecule has 1 aromatic rings. The van der Waals surface area contributed by atoms with Crippen molar-refractivity contribution in [3.63, 3.8) is 0 Å². The molecule has 1 aromatic carbocycles. The second kappa shape index (κ2) is 7.57. The third-order valence-electron chi connectivity index (χ3n) is 3.45. The van der Waals surface area contributed by atoms with Crippen molar-refractivity contribution in [2.24, 2.45) is 0 Å². The van der Waals surface area contributed by atoms with Crippen molar-refractivity contribution in [1.29, 1.82) is 5.26 Å². The number of benzene rings is 1. The SMILES string of the molecule is COc1cc(/C(C#N)=C/N2CCOCC2)cc(OC)c1OC. The molecule has 1 heterocycles. The number of nitrogens with zero attached hydrogens (tertiary/aromatic N) is 2. The Morgan fingerprint density at radius 1 is 1.14 bits per heavy atom. The number of ether oxygens (including phenoxy) is 4. The van der Waals surface area contributed by atoms with E-state index in [-0.39, 0.29) is 0 Å². The fourth-order valence-corrected chi connectivity index (χ4v) is 2.29. The van der Waals surface area contributed by atoms with Crippen LogP contribution < -0.4 is 14.2 Å². The van der Waals surface area contributed by atoms with Crippen LogP contribution in [0.15, 0.2) is 18.3 Å². The van der Waals surface area contributed by atoms with Crippen LogP contribution in [-0.4, -0.2) is 52.5 Å². The zero-order valence-corrected chi connectivity index (χ0v) is 13.1. The normalized spacial score (nSPS) is 15.2. The summed E-state index contributed by atoms with van der Waals surface area (Å²) in [6.07, 6.45) is 1.85. The van der Waals surface area contributed by atoms with Gasteiger partial charge in [-0.3, -0.25) is 0 Å². The van der Waals surface area contributed by atoms with Gasteiger partial charge < -0.3 is 23.8 Å². The van der Waals surface area contributed by atoms with E-state index in [0.29, 0.717) is 36.0 Å². The molecule has 6 nitrogen and oxygen atoms in total. The van der Waals surface area contributed by atoms with Crippen LogP contribution in [0.25, 0.3) is 5.57 Å². The van der Waals surface area contributed by atoms with Gasteiger partial charge in [0.05, 0.1) is 40.1 Å². The van der Waals surface area contributed by atoms with Crippen LogP contribution >= 0.6 is 0 Å². The van der Waals surface area contributed by atoms with Gasteiger partial charge in [0.15, 0.2) is 11.5 Å². The molecule has 1 saturated heterocycles. The van der Waals surface area contributed by atoms with Gasteiger partial charge in [0.1, 0.15) is 6.07 Å². The minimum absolute atomic E-state index is 0.511. The minimum atomic E-state index is 0.511. The lowest BCUT2D eigenvalue weighted by atomic mass is 10.1. The quantitative estimate of drug-likeness (QED) is 0.774. The molecular formula is C16H20N2O4. The Bertz CT molecular complexity index is 561. The molecule has 0 radical (unpaired) electrons. The van der Waals surface area contributed by atoms with E-state index < -0.39 is 0 Å². The van der Waals surface area contributed by atoms with Crippen molar-refractivity contribution in [1.82, 2.24) is 4.90 Å². The Kier molecular flexibility index (Phi) is 5.50. The van der Waals surface area contributed by atoms with Crippen molar-refractivity contribution in [2.75, 3.05) is 47.6 Å². The van der Waals surface area contributed by atoms with Crippen molar-refractivity contribution >= 4 is 5.57 Å². The molecule has 1 fully saturated rings.